The first-order chi connectivity index (χ1) is 14.9. The summed E-state index contributed by atoms with van der Waals surface area (Å²) in [4.78, 5) is 2.44. The van der Waals surface area contributed by atoms with Gasteiger partial charge in [-0.3, -0.25) is 0 Å². The molecule has 0 radical (unpaired) electrons. The topological polar surface area (TPSA) is 46.9 Å². The van der Waals surface area contributed by atoms with Gasteiger partial charge in [0.2, 0.25) is 6.79 Å². The summed E-state index contributed by atoms with van der Waals surface area (Å²) in [5.41, 5.74) is 2.53. The molecule has 156 valence electrons. The quantitative estimate of drug-likeness (QED) is 0.614. The van der Waals surface area contributed by atoms with E-state index in [1.807, 2.05) is 12.1 Å². The lowest BCUT2D eigenvalue weighted by Gasteiger charge is -2.34. The highest BCUT2D eigenvalue weighted by Crippen LogP contribution is 2.36. The Morgan fingerprint density at radius 3 is 2.57 bits per heavy atom. The highest BCUT2D eigenvalue weighted by Gasteiger charge is 2.22. The average molecular weight is 405 g/mol. The van der Waals surface area contributed by atoms with Gasteiger partial charge in [-0.2, -0.15) is 0 Å². The molecule has 1 N–H and O–H groups in total. The predicted molar refractivity (Wildman–Crippen MR) is 117 cm³/mol. The molecule has 3 aromatic rings. The summed E-state index contributed by atoms with van der Waals surface area (Å²) in [6.07, 6.45) is 5.08. The third-order valence-electron chi connectivity index (χ3n) is 6.17. The molecule has 1 saturated heterocycles. The van der Waals surface area contributed by atoms with Crippen molar-refractivity contribution in [3.8, 4) is 11.5 Å². The number of hydrogen-bond donors (Lipinski definition) is 1. The van der Waals surface area contributed by atoms with Crippen LogP contribution in [0.2, 0.25) is 0 Å². The van der Waals surface area contributed by atoms with Crippen molar-refractivity contribution in [1.29, 1.82) is 0 Å². The van der Waals surface area contributed by atoms with Crippen LogP contribution in [0.3, 0.4) is 0 Å². The summed E-state index contributed by atoms with van der Waals surface area (Å²) in [6.45, 7) is 3.41. The van der Waals surface area contributed by atoms with Crippen LogP contribution in [0.25, 0.3) is 0 Å². The van der Waals surface area contributed by atoms with E-state index >= 15 is 0 Å². The second-order valence-corrected chi connectivity index (χ2v) is 8.02. The number of nitrogens with zero attached hydrogens (tertiary/aromatic N) is 1. The largest absolute Gasteiger partial charge is 0.469 e. The van der Waals surface area contributed by atoms with Crippen LogP contribution in [0.15, 0.2) is 71.3 Å². The molecule has 30 heavy (non-hydrogen) atoms. The normalized spacial score (nSPS) is 17.3. The summed E-state index contributed by atoms with van der Waals surface area (Å²) >= 11 is 0. The molecule has 1 aromatic heterocycles. The van der Waals surface area contributed by atoms with E-state index in [9.17, 15) is 0 Å². The molecule has 0 saturated carbocycles. The van der Waals surface area contributed by atoms with Crippen molar-refractivity contribution >= 4 is 5.69 Å². The molecule has 0 bridgehead atoms. The van der Waals surface area contributed by atoms with Gasteiger partial charge in [-0.1, -0.05) is 30.3 Å². The van der Waals surface area contributed by atoms with E-state index in [-0.39, 0.29) is 0 Å². The van der Waals surface area contributed by atoms with Gasteiger partial charge < -0.3 is 24.1 Å². The van der Waals surface area contributed by atoms with Gasteiger partial charge in [-0.25, -0.2) is 0 Å². The Morgan fingerprint density at radius 2 is 1.77 bits per heavy atom. The number of piperidine rings is 1. The number of rotatable bonds is 7. The third kappa shape index (κ3) is 4.17. The lowest BCUT2D eigenvalue weighted by Crippen LogP contribution is -2.43. The minimum atomic E-state index is 0.294. The third-order valence-corrected chi connectivity index (χ3v) is 6.17. The summed E-state index contributed by atoms with van der Waals surface area (Å²) in [5.74, 6) is 3.04. The number of fused-ring (bicyclic) bond motifs is 1. The SMILES string of the molecule is c1ccc(C(CCNC2CCN(c3ccc4c(c3)OCO4)CC2)c2ccco2)cc1. The van der Waals surface area contributed by atoms with Crippen molar-refractivity contribution < 1.29 is 13.9 Å². The van der Waals surface area contributed by atoms with Gasteiger partial charge in [0.25, 0.3) is 0 Å². The molecule has 0 aliphatic carbocycles. The van der Waals surface area contributed by atoms with E-state index in [0.29, 0.717) is 18.8 Å². The zero-order valence-corrected chi connectivity index (χ0v) is 17.1. The highest BCUT2D eigenvalue weighted by molar-refractivity contribution is 5.57. The molecule has 1 fully saturated rings. The van der Waals surface area contributed by atoms with Crippen LogP contribution in [0.1, 0.15) is 36.5 Å². The zero-order chi connectivity index (χ0) is 20.2. The van der Waals surface area contributed by atoms with Gasteiger partial charge in [0.1, 0.15) is 5.76 Å². The Morgan fingerprint density at radius 1 is 0.933 bits per heavy atom. The molecule has 1 atom stereocenters. The molecule has 1 unspecified atom stereocenters. The number of ether oxygens (including phenoxy) is 2. The van der Waals surface area contributed by atoms with Crippen molar-refractivity contribution in [3.63, 3.8) is 0 Å². The molecule has 5 rings (SSSR count). The summed E-state index contributed by atoms with van der Waals surface area (Å²) < 4.78 is 16.7. The Bertz CT molecular complexity index is 934. The summed E-state index contributed by atoms with van der Waals surface area (Å²) in [5, 5.41) is 3.78. The monoisotopic (exact) mass is 404 g/mol. The molecule has 3 heterocycles. The summed E-state index contributed by atoms with van der Waals surface area (Å²) in [7, 11) is 0. The van der Waals surface area contributed by atoms with Crippen LogP contribution in [0.4, 0.5) is 5.69 Å². The van der Waals surface area contributed by atoms with Gasteiger partial charge in [0.05, 0.1) is 6.26 Å². The van der Waals surface area contributed by atoms with E-state index in [1.54, 1.807) is 6.26 Å². The number of furan rings is 1. The second-order valence-electron chi connectivity index (χ2n) is 8.02. The smallest absolute Gasteiger partial charge is 0.231 e. The predicted octanol–water partition coefficient (Wildman–Crippen LogP) is 4.79. The van der Waals surface area contributed by atoms with Gasteiger partial charge >= 0.3 is 0 Å². The fourth-order valence-corrected chi connectivity index (χ4v) is 4.50. The van der Waals surface area contributed by atoms with E-state index in [1.165, 1.54) is 11.3 Å². The maximum atomic E-state index is 5.73. The zero-order valence-electron chi connectivity index (χ0n) is 17.1. The van der Waals surface area contributed by atoms with Crippen molar-refractivity contribution in [1.82, 2.24) is 5.32 Å². The standard InChI is InChI=1S/C25H28N2O3/c1-2-5-19(6-3-1)22(23-7-4-16-28-23)10-13-26-20-11-14-27(15-12-20)21-8-9-24-25(17-21)30-18-29-24/h1-9,16-17,20,22,26H,10-15,18H2. The molecule has 2 aliphatic heterocycles. The first-order valence-corrected chi connectivity index (χ1v) is 10.8. The molecule has 5 heteroatoms. The number of nitrogens with one attached hydrogen (secondary N) is 1. The van der Waals surface area contributed by atoms with Crippen LogP contribution in [0.5, 0.6) is 11.5 Å². The molecular formula is C25H28N2O3. The molecule has 0 amide bonds. The minimum absolute atomic E-state index is 0.294. The Balaban J connectivity index is 1.13. The average Bonchev–Trinajstić information content (AvgIpc) is 3.49. The van der Waals surface area contributed by atoms with Crippen LogP contribution in [0, 0.1) is 0 Å². The second kappa shape index (κ2) is 8.84. The Labute approximate surface area is 177 Å². The Kier molecular flexibility index (Phi) is 5.62. The van der Waals surface area contributed by atoms with E-state index < -0.39 is 0 Å². The van der Waals surface area contributed by atoms with E-state index in [4.69, 9.17) is 13.9 Å². The van der Waals surface area contributed by atoms with Crippen molar-refractivity contribution in [2.75, 3.05) is 31.3 Å². The van der Waals surface area contributed by atoms with Gasteiger partial charge in [0.15, 0.2) is 11.5 Å². The van der Waals surface area contributed by atoms with Gasteiger partial charge in [-0.05, 0) is 55.6 Å². The number of hydrogen-bond acceptors (Lipinski definition) is 5. The van der Waals surface area contributed by atoms with Crippen LogP contribution in [-0.4, -0.2) is 32.5 Å². The first kappa shape index (κ1) is 19.1. The maximum Gasteiger partial charge on any atom is 0.231 e. The van der Waals surface area contributed by atoms with Crippen LogP contribution < -0.4 is 19.7 Å². The molecule has 2 aliphatic rings. The first-order valence-electron chi connectivity index (χ1n) is 10.8. The lowest BCUT2D eigenvalue weighted by molar-refractivity contribution is 0.174. The fraction of sp³-hybridized carbons (Fsp3) is 0.360. The molecular weight excluding hydrogens is 376 g/mol. The van der Waals surface area contributed by atoms with Crippen LogP contribution >= 0.6 is 0 Å². The molecule has 5 nitrogen and oxygen atoms in total. The van der Waals surface area contributed by atoms with Crippen molar-refractivity contribution in [2.45, 2.75) is 31.2 Å². The number of anilines is 1. The lowest BCUT2D eigenvalue weighted by atomic mass is 9.93. The Hall–Kier alpha value is -2.92. The van der Waals surface area contributed by atoms with Gasteiger partial charge in [0, 0.05) is 36.8 Å². The highest BCUT2D eigenvalue weighted by atomic mass is 16.7. The molecule has 2 aromatic carbocycles. The van der Waals surface area contributed by atoms with Crippen LogP contribution in [-0.2, 0) is 0 Å². The van der Waals surface area contributed by atoms with E-state index in [2.05, 4.69) is 58.7 Å². The van der Waals surface area contributed by atoms with Crippen molar-refractivity contribution in [2.24, 2.45) is 0 Å². The van der Waals surface area contributed by atoms with Gasteiger partial charge in [-0.15, -0.1) is 0 Å². The minimum Gasteiger partial charge on any atom is -0.469 e. The summed E-state index contributed by atoms with van der Waals surface area (Å²) in [6, 6.07) is 21.5. The van der Waals surface area contributed by atoms with Crippen molar-refractivity contribution in [3.05, 3.63) is 78.3 Å². The number of benzene rings is 2. The van der Waals surface area contributed by atoms with E-state index in [0.717, 1.165) is 56.2 Å². The fourth-order valence-electron chi connectivity index (χ4n) is 4.50. The maximum absolute atomic E-state index is 5.73. The molecule has 0 spiro atoms.